The molecule has 18 heavy (non-hydrogen) atoms. The van der Waals surface area contributed by atoms with Crippen LogP contribution in [-0.4, -0.2) is 36.1 Å². The zero-order valence-electron chi connectivity index (χ0n) is 12.3. The summed E-state index contributed by atoms with van der Waals surface area (Å²) in [6.45, 7) is 12.5. The van der Waals surface area contributed by atoms with Crippen molar-refractivity contribution in [1.29, 1.82) is 0 Å². The van der Waals surface area contributed by atoms with Gasteiger partial charge in [0.15, 0.2) is 5.60 Å². The molecule has 0 spiro atoms. The van der Waals surface area contributed by atoms with Gasteiger partial charge in [-0.2, -0.15) is 0 Å². The highest BCUT2D eigenvalue weighted by Crippen LogP contribution is 2.33. The number of hydrogen-bond acceptors (Lipinski definition) is 3. The van der Waals surface area contributed by atoms with E-state index in [0.717, 1.165) is 19.6 Å². The monoisotopic (exact) mass is 251 g/mol. The number of carbonyl (C=O) groups excluding carboxylic acids is 1. The Balaban J connectivity index is 2.72. The molecule has 3 nitrogen and oxygen atoms in total. The highest BCUT2D eigenvalue weighted by Gasteiger charge is 2.39. The molecule has 0 N–H and O–H groups in total. The first-order chi connectivity index (χ1) is 8.24. The highest BCUT2D eigenvalue weighted by molar-refractivity contribution is 5.67. The van der Waals surface area contributed by atoms with Crippen LogP contribution in [0.25, 0.3) is 0 Å². The second kappa shape index (κ2) is 5.75. The lowest BCUT2D eigenvalue weighted by Gasteiger charge is -2.36. The van der Waals surface area contributed by atoms with Gasteiger partial charge in [-0.1, -0.05) is 32.6 Å². The second-order valence-corrected chi connectivity index (χ2v) is 6.16. The summed E-state index contributed by atoms with van der Waals surface area (Å²) in [5.74, 6) is 6.06. The Morgan fingerprint density at radius 1 is 1.22 bits per heavy atom. The predicted molar refractivity (Wildman–Crippen MR) is 73.1 cm³/mol. The summed E-state index contributed by atoms with van der Waals surface area (Å²) < 4.78 is 5.44. The molecule has 0 saturated carbocycles. The Labute approximate surface area is 111 Å². The van der Waals surface area contributed by atoms with Gasteiger partial charge in [0.1, 0.15) is 0 Å². The maximum absolute atomic E-state index is 11.2. The topological polar surface area (TPSA) is 29.5 Å². The van der Waals surface area contributed by atoms with E-state index in [-0.39, 0.29) is 11.4 Å². The van der Waals surface area contributed by atoms with Crippen LogP contribution in [-0.2, 0) is 9.53 Å². The van der Waals surface area contributed by atoms with E-state index in [2.05, 4.69) is 16.7 Å². The Morgan fingerprint density at radius 2 is 1.78 bits per heavy atom. The van der Waals surface area contributed by atoms with Gasteiger partial charge in [-0.05, 0) is 32.9 Å². The average Bonchev–Trinajstić information content (AvgIpc) is 2.67. The van der Waals surface area contributed by atoms with Crippen molar-refractivity contribution in [2.75, 3.05) is 19.6 Å². The first-order valence-electron chi connectivity index (χ1n) is 6.66. The van der Waals surface area contributed by atoms with Crippen molar-refractivity contribution in [2.24, 2.45) is 5.41 Å². The minimum Gasteiger partial charge on any atom is -0.446 e. The van der Waals surface area contributed by atoms with Gasteiger partial charge in [0.2, 0.25) is 0 Å². The minimum absolute atomic E-state index is 0.198. The molecule has 1 aliphatic rings. The van der Waals surface area contributed by atoms with Crippen LogP contribution in [0, 0.1) is 17.3 Å². The average molecular weight is 251 g/mol. The molecule has 0 aromatic heterocycles. The lowest BCUT2D eigenvalue weighted by Crippen LogP contribution is -2.42. The predicted octanol–water partition coefficient (Wildman–Crippen LogP) is 2.45. The van der Waals surface area contributed by atoms with Crippen LogP contribution in [0.3, 0.4) is 0 Å². The van der Waals surface area contributed by atoms with Gasteiger partial charge >= 0.3 is 5.97 Å². The van der Waals surface area contributed by atoms with Crippen LogP contribution in [0.5, 0.6) is 0 Å². The van der Waals surface area contributed by atoms with Crippen molar-refractivity contribution >= 4 is 5.97 Å². The lowest BCUT2D eigenvalue weighted by atomic mass is 9.78. The number of carbonyl (C=O) groups is 1. The van der Waals surface area contributed by atoms with Crippen molar-refractivity contribution in [3.05, 3.63) is 0 Å². The summed E-state index contributed by atoms with van der Waals surface area (Å²) in [6.07, 6.45) is 2.53. The van der Waals surface area contributed by atoms with Crippen LogP contribution in [0.15, 0.2) is 0 Å². The first kappa shape index (κ1) is 15.0. The molecule has 3 heteroatoms. The fourth-order valence-electron chi connectivity index (χ4n) is 1.91. The third kappa shape index (κ3) is 4.03. The van der Waals surface area contributed by atoms with Gasteiger partial charge in [-0.3, -0.25) is 9.69 Å². The Morgan fingerprint density at radius 3 is 2.22 bits per heavy atom. The summed E-state index contributed by atoms with van der Waals surface area (Å²) in [4.78, 5) is 13.6. The van der Waals surface area contributed by atoms with Crippen LogP contribution >= 0.6 is 0 Å². The minimum atomic E-state index is -0.724. The first-order valence-corrected chi connectivity index (χ1v) is 6.66. The summed E-state index contributed by atoms with van der Waals surface area (Å²) in [6, 6.07) is 0. The Hall–Kier alpha value is -1.01. The molecule has 1 heterocycles. The van der Waals surface area contributed by atoms with Gasteiger partial charge in [0.25, 0.3) is 0 Å². The van der Waals surface area contributed by atoms with E-state index in [4.69, 9.17) is 4.74 Å². The van der Waals surface area contributed by atoms with Gasteiger partial charge < -0.3 is 4.74 Å². The molecule has 0 aromatic carbocycles. The number of nitrogens with zero attached hydrogens (tertiary/aromatic N) is 1. The molecule has 1 atom stereocenters. The molecule has 102 valence electrons. The number of ether oxygens (including phenoxy) is 1. The molecule has 0 aromatic rings. The van der Waals surface area contributed by atoms with Crippen molar-refractivity contribution in [2.45, 2.75) is 53.1 Å². The zero-order chi connectivity index (χ0) is 13.8. The van der Waals surface area contributed by atoms with Gasteiger partial charge in [-0.25, -0.2) is 0 Å². The van der Waals surface area contributed by atoms with Crippen molar-refractivity contribution in [3.8, 4) is 11.8 Å². The molecule has 1 fully saturated rings. The van der Waals surface area contributed by atoms with Gasteiger partial charge in [0.05, 0.1) is 6.54 Å². The standard InChI is InChI=1S/C15H25NO2/c1-13(17)18-15(5,14(2,3)4)9-8-12-16-10-6-7-11-16/h6-7,10-12H2,1-5H3. The smallest absolute Gasteiger partial charge is 0.304 e. The van der Waals surface area contributed by atoms with E-state index >= 15 is 0 Å². The van der Waals surface area contributed by atoms with E-state index in [9.17, 15) is 4.79 Å². The Bertz CT molecular complexity index is 353. The van der Waals surface area contributed by atoms with E-state index < -0.39 is 5.60 Å². The maximum atomic E-state index is 11.2. The summed E-state index contributed by atoms with van der Waals surface area (Å²) >= 11 is 0. The van der Waals surface area contributed by atoms with E-state index in [1.807, 2.05) is 27.7 Å². The molecular weight excluding hydrogens is 226 g/mol. The number of esters is 1. The third-order valence-corrected chi connectivity index (χ3v) is 3.61. The second-order valence-electron chi connectivity index (χ2n) is 6.16. The molecule has 1 saturated heterocycles. The van der Waals surface area contributed by atoms with E-state index in [1.165, 1.54) is 19.8 Å². The van der Waals surface area contributed by atoms with Crippen LogP contribution < -0.4 is 0 Å². The van der Waals surface area contributed by atoms with Crippen LogP contribution in [0.2, 0.25) is 0 Å². The molecule has 0 aliphatic carbocycles. The molecular formula is C15H25NO2. The fourth-order valence-corrected chi connectivity index (χ4v) is 1.91. The zero-order valence-corrected chi connectivity index (χ0v) is 12.3. The molecule has 0 bridgehead atoms. The number of rotatable bonds is 2. The summed E-state index contributed by atoms with van der Waals surface area (Å²) in [5, 5.41) is 0. The summed E-state index contributed by atoms with van der Waals surface area (Å²) in [5.41, 5.74) is -0.921. The molecule has 1 rings (SSSR count). The van der Waals surface area contributed by atoms with Crippen LogP contribution in [0.4, 0.5) is 0 Å². The quantitative estimate of drug-likeness (QED) is 0.558. The van der Waals surface area contributed by atoms with Crippen LogP contribution in [0.1, 0.15) is 47.5 Å². The fraction of sp³-hybridized carbons (Fsp3) is 0.800. The molecule has 1 unspecified atom stereocenters. The molecule has 1 aliphatic heterocycles. The largest absolute Gasteiger partial charge is 0.446 e. The van der Waals surface area contributed by atoms with E-state index in [0.29, 0.717) is 0 Å². The number of hydrogen-bond donors (Lipinski definition) is 0. The van der Waals surface area contributed by atoms with Gasteiger partial charge in [-0.15, -0.1) is 0 Å². The molecule has 0 amide bonds. The highest BCUT2D eigenvalue weighted by atomic mass is 16.6. The van der Waals surface area contributed by atoms with Crippen molar-refractivity contribution < 1.29 is 9.53 Å². The van der Waals surface area contributed by atoms with Gasteiger partial charge in [0, 0.05) is 12.3 Å². The Kier molecular flexibility index (Phi) is 4.81. The lowest BCUT2D eigenvalue weighted by molar-refractivity contribution is -0.158. The molecule has 0 radical (unpaired) electrons. The summed E-state index contributed by atoms with van der Waals surface area (Å²) in [7, 11) is 0. The van der Waals surface area contributed by atoms with E-state index in [1.54, 1.807) is 0 Å². The maximum Gasteiger partial charge on any atom is 0.304 e. The van der Waals surface area contributed by atoms with Crippen molar-refractivity contribution in [1.82, 2.24) is 4.90 Å². The SMILES string of the molecule is CC(=O)OC(C)(C#CCN1CCCC1)C(C)(C)C. The third-order valence-electron chi connectivity index (χ3n) is 3.61. The normalized spacial score (nSPS) is 19.8. The number of likely N-dealkylation sites (tertiary alicyclic amines) is 1. The van der Waals surface area contributed by atoms with Crippen molar-refractivity contribution in [3.63, 3.8) is 0 Å².